The lowest BCUT2D eigenvalue weighted by Gasteiger charge is -2.31. The SMILES string of the molecule is O=C(c1cnccn1)N1CCCC(Cc2nc(-c3cnccn3)no2)C1. The summed E-state index contributed by atoms with van der Waals surface area (Å²) in [5, 5.41) is 3.97. The van der Waals surface area contributed by atoms with Gasteiger partial charge in [0.05, 0.1) is 12.4 Å². The van der Waals surface area contributed by atoms with E-state index in [1.807, 2.05) is 4.90 Å². The Morgan fingerprint density at radius 1 is 1.15 bits per heavy atom. The zero-order chi connectivity index (χ0) is 17.8. The van der Waals surface area contributed by atoms with E-state index in [-0.39, 0.29) is 11.8 Å². The standard InChI is InChI=1S/C17H17N7O2/c25-17(14-10-19-4-6-21-14)24-7-1-2-12(11-24)8-15-22-16(23-26-15)13-9-18-3-5-20-13/h3-6,9-10,12H,1-2,7-8,11H2. The molecule has 0 spiro atoms. The second kappa shape index (κ2) is 7.34. The van der Waals surface area contributed by atoms with Crippen LogP contribution in [0.15, 0.2) is 41.7 Å². The second-order valence-electron chi connectivity index (χ2n) is 6.16. The number of likely N-dealkylation sites (tertiary alicyclic amines) is 1. The third kappa shape index (κ3) is 3.56. The number of carbonyl (C=O) groups excluding carboxylic acids is 1. The first-order chi connectivity index (χ1) is 12.8. The summed E-state index contributed by atoms with van der Waals surface area (Å²) in [5.74, 6) is 1.15. The van der Waals surface area contributed by atoms with Gasteiger partial charge < -0.3 is 9.42 Å². The van der Waals surface area contributed by atoms with Crippen LogP contribution in [-0.4, -0.2) is 54.0 Å². The molecule has 1 fully saturated rings. The molecule has 1 aliphatic heterocycles. The molecule has 1 aliphatic rings. The van der Waals surface area contributed by atoms with Gasteiger partial charge in [-0.2, -0.15) is 4.98 Å². The lowest BCUT2D eigenvalue weighted by molar-refractivity contribution is 0.0661. The van der Waals surface area contributed by atoms with Crippen molar-refractivity contribution in [2.45, 2.75) is 19.3 Å². The van der Waals surface area contributed by atoms with E-state index in [0.29, 0.717) is 36.1 Å². The summed E-state index contributed by atoms with van der Waals surface area (Å²) in [4.78, 5) is 35.0. The molecule has 3 aromatic rings. The predicted molar refractivity (Wildman–Crippen MR) is 89.7 cm³/mol. The van der Waals surface area contributed by atoms with E-state index in [2.05, 4.69) is 30.1 Å². The van der Waals surface area contributed by atoms with Crippen molar-refractivity contribution in [3.8, 4) is 11.5 Å². The van der Waals surface area contributed by atoms with Crippen LogP contribution in [0.2, 0.25) is 0 Å². The second-order valence-corrected chi connectivity index (χ2v) is 6.16. The summed E-state index contributed by atoms with van der Waals surface area (Å²) in [6.07, 6.45) is 11.9. The Bertz CT molecular complexity index is 869. The van der Waals surface area contributed by atoms with E-state index < -0.39 is 0 Å². The van der Waals surface area contributed by atoms with Crippen LogP contribution in [0.1, 0.15) is 29.2 Å². The van der Waals surface area contributed by atoms with Gasteiger partial charge in [0, 0.05) is 44.3 Å². The van der Waals surface area contributed by atoms with Gasteiger partial charge in [-0.1, -0.05) is 5.16 Å². The third-order valence-corrected chi connectivity index (χ3v) is 4.31. The maximum absolute atomic E-state index is 12.5. The zero-order valence-corrected chi connectivity index (χ0v) is 14.0. The van der Waals surface area contributed by atoms with Gasteiger partial charge in [-0.3, -0.25) is 14.8 Å². The number of rotatable bonds is 4. The summed E-state index contributed by atoms with van der Waals surface area (Å²) in [7, 11) is 0. The summed E-state index contributed by atoms with van der Waals surface area (Å²) in [5.41, 5.74) is 0.946. The van der Waals surface area contributed by atoms with Crippen LogP contribution in [0.4, 0.5) is 0 Å². The van der Waals surface area contributed by atoms with Crippen LogP contribution in [0.5, 0.6) is 0 Å². The minimum absolute atomic E-state index is 0.0893. The van der Waals surface area contributed by atoms with Crippen molar-refractivity contribution < 1.29 is 9.32 Å². The minimum Gasteiger partial charge on any atom is -0.339 e. The van der Waals surface area contributed by atoms with Crippen molar-refractivity contribution in [2.24, 2.45) is 5.92 Å². The van der Waals surface area contributed by atoms with Gasteiger partial charge >= 0.3 is 0 Å². The van der Waals surface area contributed by atoms with Crippen molar-refractivity contribution in [3.05, 3.63) is 48.8 Å². The van der Waals surface area contributed by atoms with Crippen molar-refractivity contribution >= 4 is 5.91 Å². The number of nitrogens with zero attached hydrogens (tertiary/aromatic N) is 7. The maximum Gasteiger partial charge on any atom is 0.274 e. The number of piperidine rings is 1. The smallest absolute Gasteiger partial charge is 0.274 e. The quantitative estimate of drug-likeness (QED) is 0.694. The average Bonchev–Trinajstić information content (AvgIpc) is 3.17. The van der Waals surface area contributed by atoms with Crippen molar-refractivity contribution in [2.75, 3.05) is 13.1 Å². The molecule has 0 radical (unpaired) electrons. The van der Waals surface area contributed by atoms with Gasteiger partial charge in [-0.25, -0.2) is 9.97 Å². The molecule has 0 N–H and O–H groups in total. The van der Waals surface area contributed by atoms with E-state index in [1.54, 1.807) is 24.8 Å². The Hall–Kier alpha value is -3.23. The first-order valence-corrected chi connectivity index (χ1v) is 8.44. The zero-order valence-electron chi connectivity index (χ0n) is 14.0. The molecule has 132 valence electrons. The monoisotopic (exact) mass is 351 g/mol. The molecule has 1 unspecified atom stereocenters. The number of hydrogen-bond donors (Lipinski definition) is 0. The fourth-order valence-electron chi connectivity index (χ4n) is 3.09. The molecule has 1 amide bonds. The Morgan fingerprint density at radius 3 is 2.77 bits per heavy atom. The van der Waals surface area contributed by atoms with Gasteiger partial charge in [0.2, 0.25) is 11.7 Å². The number of hydrogen-bond acceptors (Lipinski definition) is 8. The summed E-state index contributed by atoms with van der Waals surface area (Å²) in [6, 6.07) is 0. The normalized spacial score (nSPS) is 17.2. The van der Waals surface area contributed by atoms with Gasteiger partial charge in [0.1, 0.15) is 11.4 Å². The molecule has 0 saturated carbocycles. The van der Waals surface area contributed by atoms with E-state index in [4.69, 9.17) is 4.52 Å². The fraction of sp³-hybridized carbons (Fsp3) is 0.353. The molecule has 26 heavy (non-hydrogen) atoms. The first kappa shape index (κ1) is 16.2. The molecule has 9 nitrogen and oxygen atoms in total. The lowest BCUT2D eigenvalue weighted by Crippen LogP contribution is -2.40. The molecule has 1 atom stereocenters. The van der Waals surface area contributed by atoms with Crippen molar-refractivity contribution in [3.63, 3.8) is 0 Å². The fourth-order valence-corrected chi connectivity index (χ4v) is 3.09. The Kier molecular flexibility index (Phi) is 4.59. The van der Waals surface area contributed by atoms with E-state index in [1.165, 1.54) is 12.4 Å². The Morgan fingerprint density at radius 2 is 2.00 bits per heavy atom. The van der Waals surface area contributed by atoms with E-state index in [9.17, 15) is 4.79 Å². The summed E-state index contributed by atoms with van der Waals surface area (Å²) in [6.45, 7) is 1.36. The highest BCUT2D eigenvalue weighted by Crippen LogP contribution is 2.22. The Labute approximate surface area is 149 Å². The van der Waals surface area contributed by atoms with Crippen molar-refractivity contribution in [1.29, 1.82) is 0 Å². The maximum atomic E-state index is 12.5. The molecular formula is C17H17N7O2. The molecule has 1 saturated heterocycles. The van der Waals surface area contributed by atoms with E-state index in [0.717, 1.165) is 19.4 Å². The molecular weight excluding hydrogens is 334 g/mol. The molecule has 9 heteroatoms. The van der Waals surface area contributed by atoms with Crippen LogP contribution in [0.25, 0.3) is 11.5 Å². The van der Waals surface area contributed by atoms with Crippen molar-refractivity contribution in [1.82, 2.24) is 35.0 Å². The van der Waals surface area contributed by atoms with Crippen LogP contribution in [0.3, 0.4) is 0 Å². The van der Waals surface area contributed by atoms with Gasteiger partial charge in [0.15, 0.2) is 0 Å². The van der Waals surface area contributed by atoms with E-state index >= 15 is 0 Å². The molecule has 4 rings (SSSR count). The highest BCUT2D eigenvalue weighted by Gasteiger charge is 2.27. The average molecular weight is 351 g/mol. The van der Waals surface area contributed by atoms with Gasteiger partial charge in [-0.05, 0) is 18.8 Å². The van der Waals surface area contributed by atoms with Crippen LogP contribution in [-0.2, 0) is 6.42 Å². The lowest BCUT2D eigenvalue weighted by atomic mass is 9.94. The van der Waals surface area contributed by atoms with Crippen LogP contribution < -0.4 is 0 Å². The Balaban J connectivity index is 1.41. The molecule has 0 aliphatic carbocycles. The number of amides is 1. The van der Waals surface area contributed by atoms with Crippen LogP contribution >= 0.6 is 0 Å². The first-order valence-electron chi connectivity index (χ1n) is 8.44. The number of aromatic nitrogens is 6. The highest BCUT2D eigenvalue weighted by atomic mass is 16.5. The van der Waals surface area contributed by atoms with Gasteiger partial charge in [-0.15, -0.1) is 0 Å². The largest absolute Gasteiger partial charge is 0.339 e. The number of carbonyl (C=O) groups is 1. The molecule has 4 heterocycles. The highest BCUT2D eigenvalue weighted by molar-refractivity contribution is 5.92. The predicted octanol–water partition coefficient (Wildman–Crippen LogP) is 1.41. The van der Waals surface area contributed by atoms with Gasteiger partial charge in [0.25, 0.3) is 5.91 Å². The topological polar surface area (TPSA) is 111 Å². The molecule has 0 bridgehead atoms. The molecule has 0 aromatic carbocycles. The summed E-state index contributed by atoms with van der Waals surface area (Å²) >= 11 is 0. The summed E-state index contributed by atoms with van der Waals surface area (Å²) < 4.78 is 5.35. The minimum atomic E-state index is -0.0893. The van der Waals surface area contributed by atoms with Crippen LogP contribution in [0, 0.1) is 5.92 Å². The third-order valence-electron chi connectivity index (χ3n) is 4.31. The molecule has 3 aromatic heterocycles.